The van der Waals surface area contributed by atoms with Gasteiger partial charge in [-0.3, -0.25) is 9.69 Å². The Labute approximate surface area is 283 Å². The van der Waals surface area contributed by atoms with E-state index in [1.807, 2.05) is 20.8 Å². The first-order valence-corrected chi connectivity index (χ1v) is 17.8. The Kier molecular flexibility index (Phi) is 16.8. The fourth-order valence-corrected chi connectivity index (χ4v) is 5.94. The van der Waals surface area contributed by atoms with E-state index in [0.717, 1.165) is 32.5 Å². The van der Waals surface area contributed by atoms with Gasteiger partial charge in [0, 0.05) is 44.4 Å². The number of allylic oxidation sites excluding steroid dienone is 4. The maximum absolute atomic E-state index is 13.2. The number of hydrogen-bond donors (Lipinski definition) is 4. The molecule has 0 aromatic carbocycles. The number of ether oxygens (including phenoxy) is 2. The molecule has 4 N–H and O–H groups in total. The van der Waals surface area contributed by atoms with Gasteiger partial charge in [-0.05, 0) is 71.1 Å². The fraction of sp³-hybridized carbons (Fsp3) is 0.784. The molecule has 9 unspecified atom stereocenters. The summed E-state index contributed by atoms with van der Waals surface area (Å²) < 4.78 is 11.6. The summed E-state index contributed by atoms with van der Waals surface area (Å²) in [6, 6.07) is 0. The molecule has 2 saturated heterocycles. The van der Waals surface area contributed by atoms with Crippen LogP contribution in [0, 0.1) is 11.8 Å². The number of carbonyl (C=O) groups is 2. The normalized spacial score (nSPS) is 25.2. The Hall–Kier alpha value is -2.08. The first-order valence-electron chi connectivity index (χ1n) is 17.8. The summed E-state index contributed by atoms with van der Waals surface area (Å²) in [6.07, 6.45) is 9.90. The minimum Gasteiger partial charge on any atom is -0.439 e. The predicted molar refractivity (Wildman–Crippen MR) is 185 cm³/mol. The van der Waals surface area contributed by atoms with Crippen LogP contribution in [-0.4, -0.2) is 117 Å². The summed E-state index contributed by atoms with van der Waals surface area (Å²) in [5, 5.41) is 42.5. The van der Waals surface area contributed by atoms with E-state index in [2.05, 4.69) is 11.8 Å². The first kappa shape index (κ1) is 41.1. The molecule has 0 radical (unpaired) electrons. The van der Waals surface area contributed by atoms with Crippen molar-refractivity contribution in [1.29, 1.82) is 0 Å². The van der Waals surface area contributed by atoms with Crippen LogP contribution in [0.25, 0.3) is 0 Å². The van der Waals surface area contributed by atoms with Crippen molar-refractivity contribution in [3.63, 3.8) is 0 Å². The third-order valence-corrected chi connectivity index (χ3v) is 9.71. The number of aliphatic hydroxyl groups is 4. The van der Waals surface area contributed by atoms with Crippen molar-refractivity contribution >= 4 is 11.9 Å². The van der Waals surface area contributed by atoms with Gasteiger partial charge in [-0.15, -0.1) is 0 Å². The topological polar surface area (TPSA) is 143 Å². The molecular weight excluding hydrogens is 600 g/mol. The molecule has 270 valence electrons. The van der Waals surface area contributed by atoms with Crippen molar-refractivity contribution in [3.8, 4) is 0 Å². The number of hydrogen-bond acceptors (Lipinski definition) is 9. The van der Waals surface area contributed by atoms with Crippen LogP contribution >= 0.6 is 0 Å². The fourth-order valence-electron chi connectivity index (χ4n) is 5.94. The Morgan fingerprint density at radius 2 is 1.68 bits per heavy atom. The number of rotatable bonds is 20. The van der Waals surface area contributed by atoms with Gasteiger partial charge in [0.15, 0.2) is 11.9 Å². The number of aliphatic hydroxyl groups excluding tert-OH is 2. The maximum atomic E-state index is 13.2. The minimum atomic E-state index is -1.45. The zero-order valence-electron chi connectivity index (χ0n) is 30.2. The molecule has 2 aliphatic rings. The van der Waals surface area contributed by atoms with Gasteiger partial charge in [-0.25, -0.2) is 4.79 Å². The summed E-state index contributed by atoms with van der Waals surface area (Å²) >= 11 is 0. The Morgan fingerprint density at radius 1 is 1.02 bits per heavy atom. The summed E-state index contributed by atoms with van der Waals surface area (Å²) in [5.41, 5.74) is -2.11. The highest BCUT2D eigenvalue weighted by Crippen LogP contribution is 2.37. The molecule has 0 aliphatic carbocycles. The number of nitrogens with zero attached hydrogens (tertiary/aromatic N) is 2. The monoisotopic (exact) mass is 664 g/mol. The van der Waals surface area contributed by atoms with Gasteiger partial charge in [-0.1, -0.05) is 65.3 Å². The zero-order valence-corrected chi connectivity index (χ0v) is 30.2. The molecule has 1 amide bonds. The quantitative estimate of drug-likeness (QED) is 0.0625. The molecule has 47 heavy (non-hydrogen) atoms. The summed E-state index contributed by atoms with van der Waals surface area (Å²) in [6.45, 7) is 18.3. The van der Waals surface area contributed by atoms with Crippen molar-refractivity contribution < 1.29 is 39.5 Å². The zero-order chi connectivity index (χ0) is 35.4. The van der Waals surface area contributed by atoms with Crippen LogP contribution in [0.2, 0.25) is 0 Å². The predicted octanol–water partition coefficient (Wildman–Crippen LogP) is 4.79. The molecule has 0 spiro atoms. The molecule has 2 fully saturated rings. The number of epoxide rings is 1. The molecule has 0 bridgehead atoms. The summed E-state index contributed by atoms with van der Waals surface area (Å²) in [4.78, 5) is 30.4. The number of unbranched alkanes of at least 4 members (excludes halogenated alkanes) is 1. The van der Waals surface area contributed by atoms with Crippen LogP contribution in [0.15, 0.2) is 36.0 Å². The molecule has 2 heterocycles. The molecule has 2 aliphatic heterocycles. The average molecular weight is 665 g/mol. The van der Waals surface area contributed by atoms with Crippen LogP contribution in [0.3, 0.4) is 0 Å². The van der Waals surface area contributed by atoms with Gasteiger partial charge in [0.25, 0.3) is 0 Å². The maximum Gasteiger partial charge on any atom is 0.410 e. The van der Waals surface area contributed by atoms with E-state index in [1.54, 1.807) is 63.0 Å². The highest BCUT2D eigenvalue weighted by molar-refractivity contribution is 5.97. The second-order valence-corrected chi connectivity index (χ2v) is 14.2. The smallest absolute Gasteiger partial charge is 0.410 e. The van der Waals surface area contributed by atoms with Crippen molar-refractivity contribution in [2.75, 3.05) is 32.7 Å². The van der Waals surface area contributed by atoms with Crippen LogP contribution in [-0.2, 0) is 14.3 Å². The summed E-state index contributed by atoms with van der Waals surface area (Å²) in [7, 11) is 0. The van der Waals surface area contributed by atoms with E-state index >= 15 is 0 Å². The Balaban J connectivity index is 2.05. The second kappa shape index (κ2) is 19.2. The number of carbonyl (C=O) groups excluding carboxylic acids is 2. The van der Waals surface area contributed by atoms with Gasteiger partial charge < -0.3 is 34.8 Å². The summed E-state index contributed by atoms with van der Waals surface area (Å²) in [5.74, 6) is -0.708. The molecular formula is C37H64N2O8. The lowest BCUT2D eigenvalue weighted by Crippen LogP contribution is -2.51. The lowest BCUT2D eigenvalue weighted by molar-refractivity contribution is -0.117. The SMILES string of the molecule is CCCCN1CCN(C(=O)OC(/C=C/C(C)C(=O)/C(C)=C/C=C/C(C)(O)CC2OC2C(C)C(O)CC)C(C)(O)CCC(O)CC)CC1. The Bertz CT molecular complexity index is 1060. The number of Topliss-reactive ketones (excluding diaryl/α,β-unsaturated/α-hetero) is 1. The highest BCUT2D eigenvalue weighted by Gasteiger charge is 2.47. The van der Waals surface area contributed by atoms with E-state index in [4.69, 9.17) is 9.47 Å². The second-order valence-electron chi connectivity index (χ2n) is 14.2. The number of piperazine rings is 1. The van der Waals surface area contributed by atoms with Crippen molar-refractivity contribution in [2.24, 2.45) is 11.8 Å². The standard InChI is InChI=1S/C37H64N2O8/c1-9-12-20-38-21-23-39(24-22-38)35(43)47-32(37(8,45)19-17-29(40)10-2)16-15-27(5)33(42)26(4)14-13-18-36(7,44)25-31-34(46-31)28(6)30(41)11-3/h13-16,18,27-32,34,40-41,44-45H,9-12,17,19-25H2,1-8H3/b16-15+,18-13+,26-14+. The van der Waals surface area contributed by atoms with Crippen molar-refractivity contribution in [3.05, 3.63) is 36.0 Å². The van der Waals surface area contributed by atoms with E-state index < -0.39 is 41.5 Å². The van der Waals surface area contributed by atoms with Crippen LogP contribution in [0.4, 0.5) is 4.79 Å². The van der Waals surface area contributed by atoms with Crippen LogP contribution in [0.5, 0.6) is 0 Å². The van der Waals surface area contributed by atoms with Gasteiger partial charge in [0.1, 0.15) is 5.60 Å². The van der Waals surface area contributed by atoms with E-state index in [-0.39, 0.29) is 30.3 Å². The molecule has 0 aromatic rings. The molecule has 0 saturated carbocycles. The van der Waals surface area contributed by atoms with Gasteiger partial charge in [0.2, 0.25) is 0 Å². The van der Waals surface area contributed by atoms with Crippen LogP contribution < -0.4 is 0 Å². The van der Waals surface area contributed by atoms with Gasteiger partial charge in [-0.2, -0.15) is 0 Å². The van der Waals surface area contributed by atoms with Crippen LogP contribution in [0.1, 0.15) is 100 Å². The number of amides is 1. The lowest BCUT2D eigenvalue weighted by atomic mass is 9.89. The van der Waals surface area contributed by atoms with Gasteiger partial charge >= 0.3 is 6.09 Å². The van der Waals surface area contributed by atoms with E-state index in [9.17, 15) is 30.0 Å². The molecule has 0 aromatic heterocycles. The molecule has 2 rings (SSSR count). The third-order valence-electron chi connectivity index (χ3n) is 9.71. The lowest BCUT2D eigenvalue weighted by Gasteiger charge is -2.37. The van der Waals surface area contributed by atoms with E-state index in [1.165, 1.54) is 0 Å². The molecule has 10 nitrogen and oxygen atoms in total. The molecule has 9 atom stereocenters. The third kappa shape index (κ3) is 13.8. The highest BCUT2D eigenvalue weighted by atomic mass is 16.6. The van der Waals surface area contributed by atoms with Gasteiger partial charge in [0.05, 0.1) is 30.0 Å². The van der Waals surface area contributed by atoms with E-state index in [0.29, 0.717) is 44.3 Å². The number of ketones is 1. The van der Waals surface area contributed by atoms with Crippen molar-refractivity contribution in [1.82, 2.24) is 9.80 Å². The van der Waals surface area contributed by atoms with Crippen molar-refractivity contribution in [2.45, 2.75) is 142 Å². The molecule has 10 heteroatoms. The Morgan fingerprint density at radius 3 is 2.28 bits per heavy atom. The first-order chi connectivity index (χ1) is 22.0. The average Bonchev–Trinajstić information content (AvgIpc) is 3.80. The largest absolute Gasteiger partial charge is 0.439 e. The minimum absolute atomic E-state index is 0.000107.